The SMILES string of the molecule is CC(NC(=O)C1CCC(CN)O1)c1cccc(O)c1. The third kappa shape index (κ3) is 3.45. The standard InChI is InChI=1S/C14H20N2O3/c1-9(10-3-2-4-11(17)7-10)16-14(18)13-6-5-12(8-15)19-13/h2-4,7,9,12-13,17H,5-6,8,15H2,1H3,(H,16,18). The smallest absolute Gasteiger partial charge is 0.249 e. The molecule has 1 saturated heterocycles. The van der Waals surface area contributed by atoms with Crippen molar-refractivity contribution in [2.45, 2.75) is 38.0 Å². The molecule has 0 spiro atoms. The Morgan fingerprint density at radius 1 is 1.58 bits per heavy atom. The molecule has 2 rings (SSSR count). The minimum absolute atomic E-state index is 0.00757. The minimum Gasteiger partial charge on any atom is -0.508 e. The first-order chi connectivity index (χ1) is 9.10. The van der Waals surface area contributed by atoms with Gasteiger partial charge in [0.2, 0.25) is 5.91 Å². The number of hydrogen-bond donors (Lipinski definition) is 3. The number of amides is 1. The molecule has 1 aromatic carbocycles. The lowest BCUT2D eigenvalue weighted by Crippen LogP contribution is -2.36. The molecule has 1 aliphatic rings. The van der Waals surface area contributed by atoms with E-state index < -0.39 is 6.10 Å². The van der Waals surface area contributed by atoms with Crippen LogP contribution in [-0.4, -0.2) is 29.8 Å². The summed E-state index contributed by atoms with van der Waals surface area (Å²) in [6.45, 7) is 2.33. The van der Waals surface area contributed by atoms with E-state index in [2.05, 4.69) is 5.32 Å². The number of benzene rings is 1. The molecule has 1 fully saturated rings. The lowest BCUT2D eigenvalue weighted by atomic mass is 10.1. The van der Waals surface area contributed by atoms with E-state index in [0.717, 1.165) is 12.0 Å². The highest BCUT2D eigenvalue weighted by Gasteiger charge is 2.30. The molecule has 0 aromatic heterocycles. The number of aromatic hydroxyl groups is 1. The van der Waals surface area contributed by atoms with E-state index in [9.17, 15) is 9.90 Å². The zero-order chi connectivity index (χ0) is 13.8. The summed E-state index contributed by atoms with van der Waals surface area (Å²) < 4.78 is 5.55. The van der Waals surface area contributed by atoms with E-state index in [1.165, 1.54) is 0 Å². The van der Waals surface area contributed by atoms with E-state index >= 15 is 0 Å². The molecule has 1 aliphatic heterocycles. The Bertz CT molecular complexity index is 450. The van der Waals surface area contributed by atoms with Gasteiger partial charge in [0.1, 0.15) is 11.9 Å². The molecule has 1 heterocycles. The summed E-state index contributed by atoms with van der Waals surface area (Å²) in [6, 6.07) is 6.69. The van der Waals surface area contributed by atoms with Crippen LogP contribution < -0.4 is 11.1 Å². The van der Waals surface area contributed by atoms with Crippen molar-refractivity contribution in [2.24, 2.45) is 5.73 Å². The van der Waals surface area contributed by atoms with E-state index in [0.29, 0.717) is 13.0 Å². The van der Waals surface area contributed by atoms with E-state index in [1.807, 2.05) is 13.0 Å². The molecule has 104 valence electrons. The Kier molecular flexibility index (Phi) is 4.39. The van der Waals surface area contributed by atoms with Crippen LogP contribution in [0.2, 0.25) is 0 Å². The summed E-state index contributed by atoms with van der Waals surface area (Å²) in [7, 11) is 0. The van der Waals surface area contributed by atoms with E-state index in [-0.39, 0.29) is 23.8 Å². The maximum absolute atomic E-state index is 12.0. The molecule has 0 aliphatic carbocycles. The van der Waals surface area contributed by atoms with Crippen LogP contribution in [0.4, 0.5) is 0 Å². The number of rotatable bonds is 4. The second kappa shape index (κ2) is 6.04. The first kappa shape index (κ1) is 13.8. The highest BCUT2D eigenvalue weighted by atomic mass is 16.5. The van der Waals surface area contributed by atoms with Gasteiger partial charge in [0, 0.05) is 6.54 Å². The summed E-state index contributed by atoms with van der Waals surface area (Å²) in [5.41, 5.74) is 6.38. The predicted molar refractivity (Wildman–Crippen MR) is 71.6 cm³/mol. The van der Waals surface area contributed by atoms with Crippen molar-refractivity contribution in [2.75, 3.05) is 6.54 Å². The Balaban J connectivity index is 1.92. The van der Waals surface area contributed by atoms with Gasteiger partial charge in [-0.15, -0.1) is 0 Å². The number of carbonyl (C=O) groups is 1. The van der Waals surface area contributed by atoms with E-state index in [1.54, 1.807) is 18.2 Å². The Labute approximate surface area is 112 Å². The molecule has 3 unspecified atom stereocenters. The lowest BCUT2D eigenvalue weighted by molar-refractivity contribution is -0.132. The predicted octanol–water partition coefficient (Wildman–Crippen LogP) is 1.08. The number of hydrogen-bond acceptors (Lipinski definition) is 4. The van der Waals surface area contributed by atoms with Crippen molar-refractivity contribution in [1.29, 1.82) is 0 Å². The van der Waals surface area contributed by atoms with Crippen molar-refractivity contribution >= 4 is 5.91 Å². The zero-order valence-electron chi connectivity index (χ0n) is 11.0. The van der Waals surface area contributed by atoms with Gasteiger partial charge in [-0.3, -0.25) is 4.79 Å². The van der Waals surface area contributed by atoms with Crippen LogP contribution in [-0.2, 0) is 9.53 Å². The van der Waals surface area contributed by atoms with Crippen LogP contribution >= 0.6 is 0 Å². The van der Waals surface area contributed by atoms with Gasteiger partial charge in [0.15, 0.2) is 0 Å². The number of nitrogens with one attached hydrogen (secondary N) is 1. The van der Waals surface area contributed by atoms with Gasteiger partial charge in [0.05, 0.1) is 12.1 Å². The summed E-state index contributed by atoms with van der Waals surface area (Å²) in [5, 5.41) is 12.3. The monoisotopic (exact) mass is 264 g/mol. The first-order valence-corrected chi connectivity index (χ1v) is 6.55. The summed E-state index contributed by atoms with van der Waals surface area (Å²) in [5.74, 6) is 0.0747. The van der Waals surface area contributed by atoms with Crippen LogP contribution in [0.3, 0.4) is 0 Å². The number of carbonyl (C=O) groups excluding carboxylic acids is 1. The molecular formula is C14H20N2O3. The van der Waals surface area contributed by atoms with Crippen molar-refractivity contribution in [1.82, 2.24) is 5.32 Å². The molecule has 19 heavy (non-hydrogen) atoms. The van der Waals surface area contributed by atoms with Crippen molar-refractivity contribution in [3.05, 3.63) is 29.8 Å². The number of phenolic OH excluding ortho intramolecular Hbond substituents is 1. The van der Waals surface area contributed by atoms with Crippen molar-refractivity contribution < 1.29 is 14.6 Å². The van der Waals surface area contributed by atoms with Crippen LogP contribution in [0.25, 0.3) is 0 Å². The molecule has 0 saturated carbocycles. The number of ether oxygens (including phenoxy) is 1. The summed E-state index contributed by atoms with van der Waals surface area (Å²) in [4.78, 5) is 12.0. The molecule has 1 amide bonds. The molecule has 5 heteroatoms. The zero-order valence-corrected chi connectivity index (χ0v) is 11.0. The van der Waals surface area contributed by atoms with Crippen LogP contribution in [0.1, 0.15) is 31.4 Å². The second-order valence-corrected chi connectivity index (χ2v) is 4.89. The van der Waals surface area contributed by atoms with Crippen LogP contribution in [0.5, 0.6) is 5.75 Å². The molecule has 1 aromatic rings. The summed E-state index contributed by atoms with van der Waals surface area (Å²) >= 11 is 0. The van der Waals surface area contributed by atoms with Gasteiger partial charge in [-0.25, -0.2) is 0 Å². The Hall–Kier alpha value is -1.59. The van der Waals surface area contributed by atoms with Crippen LogP contribution in [0, 0.1) is 0 Å². The van der Waals surface area contributed by atoms with Gasteiger partial charge >= 0.3 is 0 Å². The molecule has 3 atom stereocenters. The van der Waals surface area contributed by atoms with Crippen LogP contribution in [0.15, 0.2) is 24.3 Å². The largest absolute Gasteiger partial charge is 0.508 e. The molecular weight excluding hydrogens is 244 g/mol. The summed E-state index contributed by atoms with van der Waals surface area (Å²) in [6.07, 6.45) is 1.12. The molecule has 5 nitrogen and oxygen atoms in total. The van der Waals surface area contributed by atoms with Crippen molar-refractivity contribution in [3.63, 3.8) is 0 Å². The van der Waals surface area contributed by atoms with Gasteiger partial charge in [-0.05, 0) is 37.5 Å². The second-order valence-electron chi connectivity index (χ2n) is 4.89. The fourth-order valence-electron chi connectivity index (χ4n) is 2.26. The highest BCUT2D eigenvalue weighted by molar-refractivity contribution is 5.81. The third-order valence-electron chi connectivity index (χ3n) is 3.39. The fraction of sp³-hybridized carbons (Fsp3) is 0.500. The Morgan fingerprint density at radius 2 is 2.37 bits per heavy atom. The molecule has 0 bridgehead atoms. The first-order valence-electron chi connectivity index (χ1n) is 6.55. The Morgan fingerprint density at radius 3 is 3.00 bits per heavy atom. The average molecular weight is 264 g/mol. The third-order valence-corrected chi connectivity index (χ3v) is 3.39. The number of phenols is 1. The minimum atomic E-state index is -0.409. The van der Waals surface area contributed by atoms with E-state index in [4.69, 9.17) is 10.5 Å². The topological polar surface area (TPSA) is 84.6 Å². The molecule has 0 radical (unpaired) electrons. The quantitative estimate of drug-likeness (QED) is 0.759. The highest BCUT2D eigenvalue weighted by Crippen LogP contribution is 2.21. The normalized spacial score (nSPS) is 24.1. The fourth-order valence-corrected chi connectivity index (χ4v) is 2.26. The van der Waals surface area contributed by atoms with Gasteiger partial charge in [-0.2, -0.15) is 0 Å². The maximum atomic E-state index is 12.0. The van der Waals surface area contributed by atoms with Gasteiger partial charge < -0.3 is 20.9 Å². The number of nitrogens with two attached hydrogens (primary N) is 1. The van der Waals surface area contributed by atoms with Gasteiger partial charge in [-0.1, -0.05) is 12.1 Å². The van der Waals surface area contributed by atoms with Crippen molar-refractivity contribution in [3.8, 4) is 5.75 Å². The molecule has 4 N–H and O–H groups in total. The maximum Gasteiger partial charge on any atom is 0.249 e. The lowest BCUT2D eigenvalue weighted by Gasteiger charge is -2.18. The van der Waals surface area contributed by atoms with Gasteiger partial charge in [0.25, 0.3) is 0 Å². The average Bonchev–Trinajstić information content (AvgIpc) is 2.87.